The van der Waals surface area contributed by atoms with Gasteiger partial charge >= 0.3 is 0 Å². The van der Waals surface area contributed by atoms with Gasteiger partial charge in [0.2, 0.25) is 0 Å². The predicted molar refractivity (Wildman–Crippen MR) is 45.5 cm³/mol. The van der Waals surface area contributed by atoms with E-state index in [4.69, 9.17) is 4.74 Å². The van der Waals surface area contributed by atoms with Gasteiger partial charge in [-0.15, -0.1) is 0 Å². The minimum Gasteiger partial charge on any atom is -0.370 e. The number of hydrogen-bond acceptors (Lipinski definition) is 1. The second-order valence-electron chi connectivity index (χ2n) is 5.09. The minimum absolute atomic E-state index is 0.497. The smallest absolute Gasteiger partial charge is 0.0844 e. The average molecular weight is 154 g/mol. The molecule has 3 atom stereocenters. The summed E-state index contributed by atoms with van der Waals surface area (Å²) in [4.78, 5) is 0. The molecule has 0 aromatic heterocycles. The molecule has 1 heteroatoms. The molecule has 64 valence electrons. The lowest BCUT2D eigenvalue weighted by Gasteiger charge is -2.32. The Morgan fingerprint density at radius 3 is 2.36 bits per heavy atom. The number of epoxide rings is 1. The van der Waals surface area contributed by atoms with Gasteiger partial charge in [0, 0.05) is 0 Å². The van der Waals surface area contributed by atoms with Gasteiger partial charge in [-0.2, -0.15) is 0 Å². The Bertz CT molecular complexity index is 157. The molecule has 0 N–H and O–H groups in total. The van der Waals surface area contributed by atoms with Gasteiger partial charge in [0.15, 0.2) is 0 Å². The molecule has 0 radical (unpaired) electrons. The topological polar surface area (TPSA) is 12.5 Å². The first kappa shape index (κ1) is 7.60. The highest BCUT2D eigenvalue weighted by atomic mass is 16.6. The molecule has 0 aromatic carbocycles. The van der Waals surface area contributed by atoms with E-state index in [9.17, 15) is 0 Å². The van der Waals surface area contributed by atoms with Crippen LogP contribution in [0.5, 0.6) is 0 Å². The third-order valence-corrected chi connectivity index (χ3v) is 3.23. The first-order chi connectivity index (χ1) is 5.07. The Kier molecular flexibility index (Phi) is 1.54. The SMILES string of the molecule is CC(C)(C)[C@H]1CC[C@H]2O[C@H]2C1. The largest absolute Gasteiger partial charge is 0.370 e. The maximum atomic E-state index is 5.50. The van der Waals surface area contributed by atoms with E-state index in [1.807, 2.05) is 0 Å². The van der Waals surface area contributed by atoms with Crippen LogP contribution in [0.25, 0.3) is 0 Å². The van der Waals surface area contributed by atoms with Gasteiger partial charge in [-0.3, -0.25) is 0 Å². The summed E-state index contributed by atoms with van der Waals surface area (Å²) in [6.45, 7) is 7.04. The normalized spacial score (nSPS) is 43.4. The van der Waals surface area contributed by atoms with E-state index in [0.29, 0.717) is 17.6 Å². The molecule has 11 heavy (non-hydrogen) atoms. The lowest BCUT2D eigenvalue weighted by atomic mass is 9.72. The maximum absolute atomic E-state index is 5.50. The number of fused-ring (bicyclic) bond motifs is 1. The molecule has 2 fully saturated rings. The quantitative estimate of drug-likeness (QED) is 0.489. The molecule has 1 saturated carbocycles. The molecule has 0 aromatic rings. The van der Waals surface area contributed by atoms with Crippen molar-refractivity contribution in [3.63, 3.8) is 0 Å². The summed E-state index contributed by atoms with van der Waals surface area (Å²) >= 11 is 0. The van der Waals surface area contributed by atoms with E-state index >= 15 is 0 Å². The van der Waals surface area contributed by atoms with Crippen LogP contribution in [-0.2, 0) is 4.74 Å². The van der Waals surface area contributed by atoms with E-state index in [-0.39, 0.29) is 0 Å². The Balaban J connectivity index is 1.95. The molecule has 2 rings (SSSR count). The summed E-state index contributed by atoms with van der Waals surface area (Å²) in [7, 11) is 0. The summed E-state index contributed by atoms with van der Waals surface area (Å²) < 4.78 is 5.50. The van der Waals surface area contributed by atoms with Crippen molar-refractivity contribution in [1.29, 1.82) is 0 Å². The highest BCUT2D eigenvalue weighted by Gasteiger charge is 2.46. The van der Waals surface area contributed by atoms with Crippen LogP contribution >= 0.6 is 0 Å². The number of rotatable bonds is 0. The van der Waals surface area contributed by atoms with Crippen LogP contribution in [0.1, 0.15) is 40.0 Å². The van der Waals surface area contributed by atoms with Gasteiger partial charge in [-0.05, 0) is 30.6 Å². The summed E-state index contributed by atoms with van der Waals surface area (Å²) in [5.74, 6) is 0.895. The van der Waals surface area contributed by atoms with Gasteiger partial charge in [0.25, 0.3) is 0 Å². The molecule has 1 aliphatic carbocycles. The zero-order chi connectivity index (χ0) is 8.06. The predicted octanol–water partition coefficient (Wildman–Crippen LogP) is 2.60. The second kappa shape index (κ2) is 2.22. The highest BCUT2D eigenvalue weighted by Crippen LogP contribution is 2.45. The summed E-state index contributed by atoms with van der Waals surface area (Å²) in [6, 6.07) is 0. The zero-order valence-corrected chi connectivity index (χ0v) is 7.76. The van der Waals surface area contributed by atoms with Crippen LogP contribution in [0.3, 0.4) is 0 Å². The van der Waals surface area contributed by atoms with Crippen LogP contribution in [0.2, 0.25) is 0 Å². The summed E-state index contributed by atoms with van der Waals surface area (Å²) in [5, 5.41) is 0. The molecule has 1 heterocycles. The fourth-order valence-corrected chi connectivity index (χ4v) is 2.19. The fourth-order valence-electron chi connectivity index (χ4n) is 2.19. The molecule has 1 saturated heterocycles. The molecule has 2 aliphatic rings. The van der Waals surface area contributed by atoms with Crippen LogP contribution in [-0.4, -0.2) is 12.2 Å². The van der Waals surface area contributed by atoms with Crippen LogP contribution < -0.4 is 0 Å². The summed E-state index contributed by atoms with van der Waals surface area (Å²) in [6.07, 6.45) is 5.31. The van der Waals surface area contributed by atoms with E-state index in [0.717, 1.165) is 5.92 Å². The first-order valence-electron chi connectivity index (χ1n) is 4.73. The van der Waals surface area contributed by atoms with E-state index in [1.54, 1.807) is 0 Å². The van der Waals surface area contributed by atoms with E-state index < -0.39 is 0 Å². The van der Waals surface area contributed by atoms with Gasteiger partial charge in [0.05, 0.1) is 12.2 Å². The van der Waals surface area contributed by atoms with Crippen LogP contribution in [0, 0.1) is 11.3 Å². The molecule has 0 amide bonds. The molecule has 1 aliphatic heterocycles. The van der Waals surface area contributed by atoms with Crippen molar-refractivity contribution in [2.45, 2.75) is 52.2 Å². The van der Waals surface area contributed by atoms with E-state index in [2.05, 4.69) is 20.8 Å². The number of hydrogen-bond donors (Lipinski definition) is 0. The van der Waals surface area contributed by atoms with Crippen molar-refractivity contribution < 1.29 is 4.74 Å². The van der Waals surface area contributed by atoms with Crippen molar-refractivity contribution >= 4 is 0 Å². The molecule has 0 spiro atoms. The van der Waals surface area contributed by atoms with E-state index in [1.165, 1.54) is 19.3 Å². The fraction of sp³-hybridized carbons (Fsp3) is 1.00. The third-order valence-electron chi connectivity index (χ3n) is 3.23. The van der Waals surface area contributed by atoms with Crippen molar-refractivity contribution in [1.82, 2.24) is 0 Å². The molecule has 0 bridgehead atoms. The number of ether oxygens (including phenoxy) is 1. The van der Waals surface area contributed by atoms with Crippen molar-refractivity contribution in [2.75, 3.05) is 0 Å². The van der Waals surface area contributed by atoms with Crippen molar-refractivity contribution in [3.05, 3.63) is 0 Å². The lowest BCUT2D eigenvalue weighted by Crippen LogP contribution is -2.25. The standard InChI is InChI=1S/C10H18O/c1-10(2,3)7-4-5-8-9(6-7)11-8/h7-9H,4-6H2,1-3H3/t7-,8+,9-/m0/s1. The highest BCUT2D eigenvalue weighted by molar-refractivity contribution is 4.94. The maximum Gasteiger partial charge on any atom is 0.0844 e. The Hall–Kier alpha value is -0.0400. The Morgan fingerprint density at radius 2 is 1.82 bits per heavy atom. The van der Waals surface area contributed by atoms with Gasteiger partial charge < -0.3 is 4.74 Å². The van der Waals surface area contributed by atoms with Crippen LogP contribution in [0.4, 0.5) is 0 Å². The molecule has 0 unspecified atom stereocenters. The van der Waals surface area contributed by atoms with Gasteiger partial charge in [-0.25, -0.2) is 0 Å². The van der Waals surface area contributed by atoms with Crippen molar-refractivity contribution in [3.8, 4) is 0 Å². The lowest BCUT2D eigenvalue weighted by molar-refractivity contribution is 0.191. The minimum atomic E-state index is 0.497. The average Bonchev–Trinajstić information content (AvgIpc) is 2.60. The van der Waals surface area contributed by atoms with Crippen molar-refractivity contribution in [2.24, 2.45) is 11.3 Å². The monoisotopic (exact) mass is 154 g/mol. The molecular weight excluding hydrogens is 136 g/mol. The van der Waals surface area contributed by atoms with Gasteiger partial charge in [-0.1, -0.05) is 20.8 Å². The zero-order valence-electron chi connectivity index (χ0n) is 7.76. The summed E-state index contributed by atoms with van der Waals surface area (Å²) in [5.41, 5.74) is 0.497. The van der Waals surface area contributed by atoms with Crippen LogP contribution in [0.15, 0.2) is 0 Å². The second-order valence-corrected chi connectivity index (χ2v) is 5.09. The third kappa shape index (κ3) is 1.44. The molecular formula is C10H18O. The Labute approximate surface area is 69.1 Å². The molecule has 1 nitrogen and oxygen atoms in total. The van der Waals surface area contributed by atoms with Gasteiger partial charge in [0.1, 0.15) is 0 Å². The Morgan fingerprint density at radius 1 is 1.09 bits per heavy atom. The first-order valence-corrected chi connectivity index (χ1v) is 4.73.